The summed E-state index contributed by atoms with van der Waals surface area (Å²) in [6.45, 7) is 4.19. The van der Waals surface area contributed by atoms with Gasteiger partial charge in [0.25, 0.3) is 5.91 Å². The first kappa shape index (κ1) is 18.1. The number of nitrogens with zero attached hydrogens (tertiary/aromatic N) is 3. The summed E-state index contributed by atoms with van der Waals surface area (Å²) in [5.41, 5.74) is 0.219. The lowest BCUT2D eigenvalue weighted by atomic mass is 10.0. The summed E-state index contributed by atoms with van der Waals surface area (Å²) in [6.07, 6.45) is 1.39. The number of amides is 2. The molecule has 1 aromatic heterocycles. The number of rotatable bonds is 2. The molecule has 1 aromatic rings. The number of piperazine rings is 1. The van der Waals surface area contributed by atoms with Crippen LogP contribution in [0.25, 0.3) is 0 Å². The molecule has 0 spiro atoms. The van der Waals surface area contributed by atoms with Gasteiger partial charge in [0.2, 0.25) is 5.91 Å². The first-order valence-corrected chi connectivity index (χ1v) is 10.3. The van der Waals surface area contributed by atoms with E-state index in [1.165, 1.54) is 17.2 Å². The van der Waals surface area contributed by atoms with Crippen LogP contribution in [0.1, 0.15) is 24.3 Å². The molecule has 136 valence electrons. The van der Waals surface area contributed by atoms with Gasteiger partial charge in [-0.25, -0.2) is 13.4 Å². The minimum absolute atomic E-state index is 0.0798. The third-order valence-electron chi connectivity index (χ3n) is 4.66. The number of carbonyl (C=O) groups excluding carboxylic acids is 2. The number of pyridine rings is 1. The zero-order chi connectivity index (χ0) is 18.4. The maximum atomic E-state index is 12.8. The molecule has 3 heterocycles. The van der Waals surface area contributed by atoms with Crippen LogP contribution in [0, 0.1) is 5.92 Å². The average molecular weight is 386 g/mol. The molecule has 0 bridgehead atoms. The molecule has 2 aliphatic heterocycles. The molecule has 2 atom stereocenters. The largest absolute Gasteiger partial charge is 0.335 e. The molecule has 7 nitrogen and oxygen atoms in total. The molecule has 0 saturated carbocycles. The van der Waals surface area contributed by atoms with Crippen LogP contribution < -0.4 is 0 Å². The molecule has 2 aliphatic rings. The van der Waals surface area contributed by atoms with E-state index < -0.39 is 21.9 Å². The molecule has 25 heavy (non-hydrogen) atoms. The molecular weight excluding hydrogens is 366 g/mol. The fourth-order valence-corrected chi connectivity index (χ4v) is 5.55. The SMILES string of the molecule is CC(C)C(=O)N1CCN(C(=O)c2ccc(Cl)cn2)[C@H]2CS(=O)(=O)C[C@H]21. The third-order valence-corrected chi connectivity index (χ3v) is 6.58. The quantitative estimate of drug-likeness (QED) is 0.752. The van der Waals surface area contributed by atoms with Crippen LogP contribution in [0.4, 0.5) is 0 Å². The number of aromatic nitrogens is 1. The molecule has 2 fully saturated rings. The Hall–Kier alpha value is -1.67. The Labute approximate surface area is 151 Å². The summed E-state index contributed by atoms with van der Waals surface area (Å²) in [5.74, 6) is -0.860. The van der Waals surface area contributed by atoms with E-state index in [9.17, 15) is 18.0 Å². The average Bonchev–Trinajstić information content (AvgIpc) is 2.88. The molecule has 3 rings (SSSR count). The van der Waals surface area contributed by atoms with Crippen LogP contribution in [0.3, 0.4) is 0 Å². The second-order valence-electron chi connectivity index (χ2n) is 6.76. The predicted octanol–water partition coefficient (Wildman–Crippen LogP) is 0.841. The van der Waals surface area contributed by atoms with Crippen molar-refractivity contribution < 1.29 is 18.0 Å². The Morgan fingerprint density at radius 3 is 2.32 bits per heavy atom. The monoisotopic (exact) mass is 385 g/mol. The zero-order valence-electron chi connectivity index (χ0n) is 14.1. The predicted molar refractivity (Wildman–Crippen MR) is 93.1 cm³/mol. The Bertz CT molecular complexity index is 794. The fraction of sp³-hybridized carbons (Fsp3) is 0.562. The third kappa shape index (κ3) is 3.50. The highest BCUT2D eigenvalue weighted by molar-refractivity contribution is 7.91. The van der Waals surface area contributed by atoms with Gasteiger partial charge in [0, 0.05) is 25.2 Å². The lowest BCUT2D eigenvalue weighted by molar-refractivity contribution is -0.139. The van der Waals surface area contributed by atoms with Gasteiger partial charge < -0.3 is 9.80 Å². The smallest absolute Gasteiger partial charge is 0.272 e. The van der Waals surface area contributed by atoms with Gasteiger partial charge in [0.05, 0.1) is 28.6 Å². The van der Waals surface area contributed by atoms with E-state index in [1.807, 2.05) is 0 Å². The maximum Gasteiger partial charge on any atom is 0.272 e. The molecule has 9 heteroatoms. The van der Waals surface area contributed by atoms with Crippen molar-refractivity contribution in [3.05, 3.63) is 29.0 Å². The van der Waals surface area contributed by atoms with E-state index in [0.29, 0.717) is 11.6 Å². The van der Waals surface area contributed by atoms with E-state index in [4.69, 9.17) is 11.6 Å². The van der Waals surface area contributed by atoms with E-state index in [1.54, 1.807) is 24.8 Å². The van der Waals surface area contributed by atoms with Gasteiger partial charge >= 0.3 is 0 Å². The number of hydrogen-bond acceptors (Lipinski definition) is 5. The summed E-state index contributed by atoms with van der Waals surface area (Å²) in [5, 5.41) is 0.422. The van der Waals surface area contributed by atoms with Crippen LogP contribution in [-0.2, 0) is 14.6 Å². The van der Waals surface area contributed by atoms with Crippen molar-refractivity contribution in [2.45, 2.75) is 25.9 Å². The highest BCUT2D eigenvalue weighted by Gasteiger charge is 2.49. The van der Waals surface area contributed by atoms with Gasteiger partial charge in [-0.05, 0) is 12.1 Å². The summed E-state index contributed by atoms with van der Waals surface area (Å²) in [6, 6.07) is 2.06. The van der Waals surface area contributed by atoms with Crippen LogP contribution >= 0.6 is 11.6 Å². The fourth-order valence-electron chi connectivity index (χ4n) is 3.46. The molecule has 0 N–H and O–H groups in total. The molecule has 2 saturated heterocycles. The van der Waals surface area contributed by atoms with Gasteiger partial charge in [0.1, 0.15) is 5.69 Å². The Kier molecular flexibility index (Phi) is 4.76. The van der Waals surface area contributed by atoms with Gasteiger partial charge in [0.15, 0.2) is 9.84 Å². The van der Waals surface area contributed by atoms with Crippen molar-refractivity contribution in [1.82, 2.24) is 14.8 Å². The molecule has 0 aromatic carbocycles. The highest BCUT2D eigenvalue weighted by Crippen LogP contribution is 2.29. The summed E-state index contributed by atoms with van der Waals surface area (Å²) in [4.78, 5) is 32.4. The minimum atomic E-state index is -3.31. The topological polar surface area (TPSA) is 87.7 Å². The molecule has 2 amide bonds. The molecule has 0 radical (unpaired) electrons. The molecule has 0 unspecified atom stereocenters. The van der Waals surface area contributed by atoms with Gasteiger partial charge in [-0.1, -0.05) is 25.4 Å². The normalized spacial score (nSPS) is 25.1. The molecular formula is C16H20ClN3O4S. The second-order valence-corrected chi connectivity index (χ2v) is 9.35. The van der Waals surface area contributed by atoms with E-state index in [2.05, 4.69) is 4.98 Å². The maximum absolute atomic E-state index is 12.8. The minimum Gasteiger partial charge on any atom is -0.335 e. The summed E-state index contributed by atoms with van der Waals surface area (Å²) in [7, 11) is -3.31. The van der Waals surface area contributed by atoms with Gasteiger partial charge in [-0.3, -0.25) is 9.59 Å². The van der Waals surface area contributed by atoms with Crippen molar-refractivity contribution in [1.29, 1.82) is 0 Å². The first-order valence-electron chi connectivity index (χ1n) is 8.13. The standard InChI is InChI=1S/C16H20ClN3O4S/c1-10(2)15(21)19-5-6-20(14-9-25(23,24)8-13(14)19)16(22)12-4-3-11(17)7-18-12/h3-4,7,10,13-14H,5-6,8-9H2,1-2H3/t13-,14+/m1/s1. The number of halogens is 1. The van der Waals surface area contributed by atoms with Crippen LogP contribution in [0.15, 0.2) is 18.3 Å². The number of carbonyl (C=O) groups is 2. The van der Waals surface area contributed by atoms with Crippen molar-refractivity contribution in [3.8, 4) is 0 Å². The lowest BCUT2D eigenvalue weighted by Gasteiger charge is -2.44. The van der Waals surface area contributed by atoms with Crippen molar-refractivity contribution in [2.24, 2.45) is 5.92 Å². The van der Waals surface area contributed by atoms with Gasteiger partial charge in [-0.15, -0.1) is 0 Å². The molecule has 0 aliphatic carbocycles. The Balaban J connectivity index is 1.89. The Morgan fingerprint density at radius 2 is 1.76 bits per heavy atom. The first-order chi connectivity index (χ1) is 11.7. The second kappa shape index (κ2) is 6.57. The number of fused-ring (bicyclic) bond motifs is 1. The van der Waals surface area contributed by atoms with Crippen LogP contribution in [0.2, 0.25) is 5.02 Å². The highest BCUT2D eigenvalue weighted by atomic mass is 35.5. The van der Waals surface area contributed by atoms with Crippen molar-refractivity contribution >= 4 is 33.3 Å². The summed E-state index contributed by atoms with van der Waals surface area (Å²) < 4.78 is 24.4. The lowest BCUT2D eigenvalue weighted by Crippen LogP contribution is -2.62. The zero-order valence-corrected chi connectivity index (χ0v) is 15.6. The number of sulfone groups is 1. The van der Waals surface area contributed by atoms with Crippen LogP contribution in [-0.4, -0.2) is 71.7 Å². The van der Waals surface area contributed by atoms with E-state index in [0.717, 1.165) is 0 Å². The van der Waals surface area contributed by atoms with Crippen LogP contribution in [0.5, 0.6) is 0 Å². The van der Waals surface area contributed by atoms with Gasteiger partial charge in [-0.2, -0.15) is 0 Å². The van der Waals surface area contributed by atoms with E-state index in [-0.39, 0.29) is 41.5 Å². The van der Waals surface area contributed by atoms with E-state index >= 15 is 0 Å². The van der Waals surface area contributed by atoms with Crippen molar-refractivity contribution in [2.75, 3.05) is 24.6 Å². The Morgan fingerprint density at radius 1 is 1.16 bits per heavy atom. The van der Waals surface area contributed by atoms with Crippen molar-refractivity contribution in [3.63, 3.8) is 0 Å². The number of hydrogen-bond donors (Lipinski definition) is 0. The summed E-state index contributed by atoms with van der Waals surface area (Å²) >= 11 is 5.80.